The van der Waals surface area contributed by atoms with E-state index in [1.54, 1.807) is 38.5 Å². The number of aryl methyl sites for hydroxylation is 2. The van der Waals surface area contributed by atoms with Gasteiger partial charge in [-0.1, -0.05) is 17.7 Å². The van der Waals surface area contributed by atoms with Crippen LogP contribution in [0.3, 0.4) is 0 Å². The summed E-state index contributed by atoms with van der Waals surface area (Å²) >= 11 is 6.73. The third kappa shape index (κ3) is 4.68. The Balaban J connectivity index is 1.50. The fourth-order valence-corrected chi connectivity index (χ4v) is 5.56. The highest BCUT2D eigenvalue weighted by Crippen LogP contribution is 2.59. The second-order valence-corrected chi connectivity index (χ2v) is 12.4. The van der Waals surface area contributed by atoms with Gasteiger partial charge in [0.1, 0.15) is 10.8 Å². The lowest BCUT2D eigenvalue weighted by Gasteiger charge is -2.32. The fraction of sp³-hybridized carbons (Fsp3) is 0.433. The minimum atomic E-state index is -0.663. The molecule has 0 spiro atoms. The van der Waals surface area contributed by atoms with Gasteiger partial charge >= 0.3 is 7.12 Å². The van der Waals surface area contributed by atoms with Gasteiger partial charge in [0.05, 0.1) is 28.1 Å². The van der Waals surface area contributed by atoms with E-state index in [0.29, 0.717) is 17.1 Å². The quantitative estimate of drug-likeness (QED) is 0.357. The number of hydrogen-bond donors (Lipinski definition) is 0. The van der Waals surface area contributed by atoms with Gasteiger partial charge in [0, 0.05) is 37.4 Å². The second kappa shape index (κ2) is 9.82. The normalized spacial score (nSPS) is 21.0. The van der Waals surface area contributed by atoms with Crippen LogP contribution in [0, 0.1) is 19.7 Å². The number of pyridine rings is 2. The van der Waals surface area contributed by atoms with E-state index in [-0.39, 0.29) is 40.6 Å². The molecule has 0 radical (unpaired) electrons. The largest absolute Gasteiger partial charge is 0.461 e. The summed E-state index contributed by atoms with van der Waals surface area (Å²) in [5, 5.41) is 0.150. The molecule has 1 saturated heterocycles. The lowest BCUT2D eigenvalue weighted by atomic mass is 9.79. The van der Waals surface area contributed by atoms with E-state index in [2.05, 4.69) is 4.98 Å². The van der Waals surface area contributed by atoms with Crippen molar-refractivity contribution in [2.24, 2.45) is 0 Å². The number of hydrogen-bond acceptors (Lipinski definition) is 5. The predicted molar refractivity (Wildman–Crippen MR) is 155 cm³/mol. The van der Waals surface area contributed by atoms with Crippen molar-refractivity contribution in [2.45, 2.75) is 70.9 Å². The Morgan fingerprint density at radius 3 is 2.42 bits per heavy atom. The second-order valence-electron chi connectivity index (χ2n) is 12.0. The highest BCUT2D eigenvalue weighted by molar-refractivity contribution is 6.49. The van der Waals surface area contributed by atoms with Gasteiger partial charge in [-0.05, 0) is 89.3 Å². The van der Waals surface area contributed by atoms with Crippen molar-refractivity contribution in [3.8, 4) is 16.9 Å². The molecule has 5 rings (SSSR count). The Hall–Kier alpha value is -3.01. The fourth-order valence-electron chi connectivity index (χ4n) is 5.28. The molecule has 2 aromatic heterocycles. The Kier molecular flexibility index (Phi) is 7.00. The molecule has 2 aliphatic rings. The van der Waals surface area contributed by atoms with E-state index < -0.39 is 22.9 Å². The zero-order chi connectivity index (χ0) is 29.3. The number of carbonyl (C=O) groups excluding carboxylic acids is 1. The van der Waals surface area contributed by atoms with E-state index in [9.17, 15) is 9.59 Å². The molecule has 1 aliphatic carbocycles. The molecular weight excluding hydrogens is 532 g/mol. The minimum absolute atomic E-state index is 0.0480. The van der Waals surface area contributed by atoms with Gasteiger partial charge in [-0.2, -0.15) is 0 Å². The highest BCUT2D eigenvalue weighted by atomic mass is 35.5. The molecule has 1 aromatic carbocycles. The SMILES string of the molecule is Cc1cnc(-c2cccc(C(=O)N(C)C)c2F)cc1-n1c(C)cc(C2C[C@H]2B2OC(C)(C)C(C)(C)O2)c(Cl)c1=O. The molecule has 1 aliphatic heterocycles. The van der Waals surface area contributed by atoms with Crippen LogP contribution in [0.15, 0.2) is 41.3 Å². The molecule has 40 heavy (non-hydrogen) atoms. The summed E-state index contributed by atoms with van der Waals surface area (Å²) < 4.78 is 29.5. The van der Waals surface area contributed by atoms with Gasteiger partial charge in [0.15, 0.2) is 0 Å². The van der Waals surface area contributed by atoms with Crippen molar-refractivity contribution in [3.63, 3.8) is 0 Å². The van der Waals surface area contributed by atoms with E-state index in [4.69, 9.17) is 20.9 Å². The van der Waals surface area contributed by atoms with E-state index >= 15 is 4.39 Å². The molecule has 210 valence electrons. The van der Waals surface area contributed by atoms with Crippen LogP contribution in [0.2, 0.25) is 10.8 Å². The third-order valence-electron chi connectivity index (χ3n) is 8.45. The summed E-state index contributed by atoms with van der Waals surface area (Å²) in [5.74, 6) is -0.936. The van der Waals surface area contributed by atoms with Crippen molar-refractivity contribution in [2.75, 3.05) is 14.1 Å². The molecular formula is C30H34BClFN3O4. The molecule has 3 aromatic rings. The number of carbonyl (C=O) groups is 1. The molecule has 10 heteroatoms. The molecule has 0 bridgehead atoms. The zero-order valence-electron chi connectivity index (χ0n) is 24.1. The lowest BCUT2D eigenvalue weighted by Crippen LogP contribution is -2.41. The Labute approximate surface area is 239 Å². The van der Waals surface area contributed by atoms with Crippen LogP contribution in [0.5, 0.6) is 0 Å². The summed E-state index contributed by atoms with van der Waals surface area (Å²) in [5.41, 5.74) is 1.97. The summed E-state index contributed by atoms with van der Waals surface area (Å²) in [4.78, 5) is 31.9. The van der Waals surface area contributed by atoms with Crippen LogP contribution in [0.25, 0.3) is 16.9 Å². The van der Waals surface area contributed by atoms with Gasteiger partial charge in [-0.15, -0.1) is 0 Å². The van der Waals surface area contributed by atoms with Crippen LogP contribution < -0.4 is 5.56 Å². The lowest BCUT2D eigenvalue weighted by molar-refractivity contribution is 0.00578. The minimum Gasteiger partial charge on any atom is -0.403 e. The summed E-state index contributed by atoms with van der Waals surface area (Å²) in [6, 6.07) is 8.23. The smallest absolute Gasteiger partial charge is 0.403 e. The number of rotatable bonds is 5. The van der Waals surface area contributed by atoms with Crippen LogP contribution in [0.4, 0.5) is 4.39 Å². The number of benzene rings is 1. The van der Waals surface area contributed by atoms with Crippen LogP contribution >= 0.6 is 11.6 Å². The van der Waals surface area contributed by atoms with Crippen molar-refractivity contribution in [3.05, 3.63) is 80.1 Å². The van der Waals surface area contributed by atoms with Gasteiger partial charge in [-0.25, -0.2) is 4.39 Å². The third-order valence-corrected chi connectivity index (χ3v) is 8.83. The molecule has 0 N–H and O–H groups in total. The predicted octanol–water partition coefficient (Wildman–Crippen LogP) is 5.96. The van der Waals surface area contributed by atoms with Gasteiger partial charge in [0.2, 0.25) is 0 Å². The van der Waals surface area contributed by atoms with Crippen molar-refractivity contribution in [1.29, 1.82) is 0 Å². The molecule has 3 heterocycles. The Morgan fingerprint density at radius 2 is 1.80 bits per heavy atom. The molecule has 1 saturated carbocycles. The van der Waals surface area contributed by atoms with Crippen LogP contribution in [0.1, 0.15) is 67.2 Å². The first-order chi connectivity index (χ1) is 18.6. The number of aromatic nitrogens is 2. The number of amides is 1. The molecule has 2 fully saturated rings. The van der Waals surface area contributed by atoms with E-state index in [1.165, 1.54) is 15.5 Å². The van der Waals surface area contributed by atoms with E-state index in [1.807, 2.05) is 47.6 Å². The number of halogens is 2. The molecule has 1 amide bonds. The van der Waals surface area contributed by atoms with Crippen LogP contribution in [-0.4, -0.2) is 52.8 Å². The van der Waals surface area contributed by atoms with Crippen molar-refractivity contribution >= 4 is 24.6 Å². The van der Waals surface area contributed by atoms with Crippen LogP contribution in [-0.2, 0) is 9.31 Å². The molecule has 1 unspecified atom stereocenters. The van der Waals surface area contributed by atoms with Gasteiger partial charge in [-0.3, -0.25) is 19.1 Å². The first-order valence-corrected chi connectivity index (χ1v) is 13.8. The molecule has 7 nitrogen and oxygen atoms in total. The Morgan fingerprint density at radius 1 is 1.15 bits per heavy atom. The topological polar surface area (TPSA) is 73.7 Å². The average Bonchev–Trinajstić information content (AvgIpc) is 3.63. The average molecular weight is 566 g/mol. The first-order valence-electron chi connectivity index (χ1n) is 13.4. The summed E-state index contributed by atoms with van der Waals surface area (Å²) in [6.07, 6.45) is 2.41. The van der Waals surface area contributed by atoms with Gasteiger partial charge < -0.3 is 14.2 Å². The first kappa shape index (κ1) is 28.5. The highest BCUT2D eigenvalue weighted by Gasteiger charge is 2.60. The van der Waals surface area contributed by atoms with Gasteiger partial charge in [0.25, 0.3) is 11.5 Å². The maximum Gasteiger partial charge on any atom is 0.461 e. The Bertz CT molecular complexity index is 1570. The maximum absolute atomic E-state index is 15.4. The maximum atomic E-state index is 15.4. The monoisotopic (exact) mass is 565 g/mol. The van der Waals surface area contributed by atoms with Crippen molar-refractivity contribution < 1.29 is 18.5 Å². The van der Waals surface area contributed by atoms with E-state index in [0.717, 1.165) is 17.5 Å². The standard InChI is InChI=1S/C30H34BClFN3O4/c1-16-15-34-23(18-10-9-11-19(26(18)33)27(37)35(7)8)14-24(16)36-17(2)12-21(25(32)28(36)38)20-13-22(20)31-39-29(3,4)30(5,6)40-31/h9-12,14-15,20,22H,13H2,1-8H3/t20?,22-/m1/s1. The zero-order valence-corrected chi connectivity index (χ0v) is 24.9. The molecule has 2 atom stereocenters. The number of nitrogens with zero attached hydrogens (tertiary/aromatic N) is 3. The summed E-state index contributed by atoms with van der Waals surface area (Å²) in [7, 11) is 2.78. The van der Waals surface area contributed by atoms with Crippen molar-refractivity contribution in [1.82, 2.24) is 14.5 Å². The summed E-state index contributed by atoms with van der Waals surface area (Å²) in [6.45, 7) is 11.8.